The van der Waals surface area contributed by atoms with Gasteiger partial charge < -0.3 is 15.5 Å². The molecular formula is C18H20N6O2S. The van der Waals surface area contributed by atoms with Crippen molar-refractivity contribution < 1.29 is 9.53 Å². The number of thioether (sulfide) groups is 1. The number of amides is 1. The molecule has 9 heteroatoms. The molecule has 2 aromatic heterocycles. The monoisotopic (exact) mass is 384 g/mol. The molecule has 0 unspecified atom stereocenters. The lowest BCUT2D eigenvalue weighted by Crippen LogP contribution is -2.28. The highest BCUT2D eigenvalue weighted by Gasteiger charge is 2.16. The molecule has 27 heavy (non-hydrogen) atoms. The molecule has 0 aliphatic heterocycles. The van der Waals surface area contributed by atoms with Crippen molar-refractivity contribution in [3.63, 3.8) is 0 Å². The summed E-state index contributed by atoms with van der Waals surface area (Å²) in [5.41, 5.74) is 1.71. The van der Waals surface area contributed by atoms with E-state index in [1.165, 1.54) is 16.4 Å². The van der Waals surface area contributed by atoms with E-state index < -0.39 is 0 Å². The molecule has 3 rings (SSSR count). The fraction of sp³-hybridized carbons (Fsp3) is 0.222. The van der Waals surface area contributed by atoms with Crippen LogP contribution in [0.25, 0.3) is 11.4 Å². The summed E-state index contributed by atoms with van der Waals surface area (Å²) < 4.78 is 6.70. The maximum absolute atomic E-state index is 12.5. The first-order chi connectivity index (χ1) is 13.1. The third-order valence-electron chi connectivity index (χ3n) is 3.93. The summed E-state index contributed by atoms with van der Waals surface area (Å²) in [7, 11) is 3.37. The van der Waals surface area contributed by atoms with E-state index in [0.29, 0.717) is 17.5 Å². The highest BCUT2D eigenvalue weighted by Crippen LogP contribution is 2.22. The smallest absolute Gasteiger partial charge is 0.233 e. The number of carbonyl (C=O) groups excluding carboxylic acids is 1. The Balaban J connectivity index is 1.61. The molecule has 2 heterocycles. The van der Waals surface area contributed by atoms with Gasteiger partial charge >= 0.3 is 0 Å². The van der Waals surface area contributed by atoms with E-state index in [-0.39, 0.29) is 11.7 Å². The van der Waals surface area contributed by atoms with E-state index in [1.54, 1.807) is 37.5 Å². The van der Waals surface area contributed by atoms with Gasteiger partial charge in [0.15, 0.2) is 5.82 Å². The molecule has 0 spiro atoms. The number of benzene rings is 1. The minimum absolute atomic E-state index is 0.0446. The Kier molecular flexibility index (Phi) is 5.92. The zero-order valence-electron chi connectivity index (χ0n) is 15.1. The van der Waals surface area contributed by atoms with Gasteiger partial charge in [-0.25, -0.2) is 4.68 Å². The van der Waals surface area contributed by atoms with Gasteiger partial charge in [0.05, 0.1) is 12.9 Å². The molecule has 140 valence electrons. The van der Waals surface area contributed by atoms with Crippen molar-refractivity contribution in [3.05, 3.63) is 54.4 Å². The third kappa shape index (κ3) is 4.37. The first kappa shape index (κ1) is 18.7. The van der Waals surface area contributed by atoms with Crippen molar-refractivity contribution in [1.82, 2.24) is 24.8 Å². The second-order valence-electron chi connectivity index (χ2n) is 5.77. The number of nitrogens with two attached hydrogens (primary N) is 1. The number of rotatable bonds is 7. The zero-order valence-corrected chi connectivity index (χ0v) is 15.9. The molecule has 0 saturated heterocycles. The topological polar surface area (TPSA) is 99.2 Å². The average Bonchev–Trinajstić information content (AvgIpc) is 3.07. The molecule has 0 bridgehead atoms. The summed E-state index contributed by atoms with van der Waals surface area (Å²) >= 11 is 1.24. The summed E-state index contributed by atoms with van der Waals surface area (Å²) in [6, 6.07) is 11.3. The Morgan fingerprint density at radius 1 is 1.26 bits per heavy atom. The van der Waals surface area contributed by atoms with Gasteiger partial charge in [-0.3, -0.25) is 9.78 Å². The largest absolute Gasteiger partial charge is 0.496 e. The number of ether oxygens (including phenoxy) is 1. The highest BCUT2D eigenvalue weighted by molar-refractivity contribution is 7.99. The van der Waals surface area contributed by atoms with Crippen molar-refractivity contribution in [3.8, 4) is 17.1 Å². The Morgan fingerprint density at radius 2 is 2.07 bits per heavy atom. The van der Waals surface area contributed by atoms with Gasteiger partial charge in [0, 0.05) is 37.1 Å². The second-order valence-corrected chi connectivity index (χ2v) is 6.71. The molecule has 1 aromatic carbocycles. The fourth-order valence-corrected chi connectivity index (χ4v) is 3.28. The van der Waals surface area contributed by atoms with Gasteiger partial charge in [-0.15, -0.1) is 10.2 Å². The van der Waals surface area contributed by atoms with Crippen molar-refractivity contribution in [1.29, 1.82) is 0 Å². The number of nitrogens with zero attached hydrogens (tertiary/aromatic N) is 5. The zero-order chi connectivity index (χ0) is 19.2. The predicted molar refractivity (Wildman–Crippen MR) is 104 cm³/mol. The molecule has 1 amide bonds. The van der Waals surface area contributed by atoms with E-state index in [1.807, 2.05) is 30.3 Å². The molecular weight excluding hydrogens is 364 g/mol. The number of methoxy groups -OCH3 is 1. The van der Waals surface area contributed by atoms with Gasteiger partial charge in [-0.1, -0.05) is 30.0 Å². The van der Waals surface area contributed by atoms with Crippen LogP contribution in [0.4, 0.5) is 0 Å². The maximum Gasteiger partial charge on any atom is 0.233 e. The van der Waals surface area contributed by atoms with Crippen LogP contribution >= 0.6 is 11.8 Å². The van der Waals surface area contributed by atoms with Crippen LogP contribution in [0.15, 0.2) is 53.9 Å². The van der Waals surface area contributed by atoms with E-state index in [4.69, 9.17) is 10.6 Å². The minimum atomic E-state index is -0.0446. The predicted octanol–water partition coefficient (Wildman–Crippen LogP) is 1.81. The molecule has 0 radical (unpaired) electrons. The lowest BCUT2D eigenvalue weighted by atomic mass is 10.2. The standard InChI is InChI=1S/C18H20N6O2S/c1-23(11-14-6-3-4-8-15(14)26-2)16(25)12-27-18-22-21-17(24(18)19)13-7-5-9-20-10-13/h3-10H,11-12,19H2,1-2H3. The van der Waals surface area contributed by atoms with Gasteiger partial charge in [-0.2, -0.15) is 0 Å². The van der Waals surface area contributed by atoms with Gasteiger partial charge in [0.1, 0.15) is 5.75 Å². The highest BCUT2D eigenvalue weighted by atomic mass is 32.2. The number of nitrogen functional groups attached to an aromatic ring is 1. The Hall–Kier alpha value is -3.07. The molecule has 0 aliphatic carbocycles. The summed E-state index contributed by atoms with van der Waals surface area (Å²) in [6.45, 7) is 0.458. The number of hydrogen-bond donors (Lipinski definition) is 1. The molecule has 0 saturated carbocycles. The molecule has 0 aliphatic rings. The first-order valence-corrected chi connectivity index (χ1v) is 9.18. The van der Waals surface area contributed by atoms with Crippen LogP contribution < -0.4 is 10.6 Å². The number of pyridine rings is 1. The molecule has 2 N–H and O–H groups in total. The van der Waals surface area contributed by atoms with E-state index in [2.05, 4.69) is 15.2 Å². The van der Waals surface area contributed by atoms with Crippen LogP contribution in [0.2, 0.25) is 0 Å². The van der Waals surface area contributed by atoms with Gasteiger partial charge in [0.25, 0.3) is 0 Å². The number of hydrogen-bond acceptors (Lipinski definition) is 7. The maximum atomic E-state index is 12.5. The van der Waals surface area contributed by atoms with Crippen LogP contribution in [0.3, 0.4) is 0 Å². The van der Waals surface area contributed by atoms with E-state index in [0.717, 1.165) is 16.9 Å². The SMILES string of the molecule is COc1ccccc1CN(C)C(=O)CSc1nnc(-c2cccnc2)n1N. The number of para-hydroxylation sites is 1. The van der Waals surface area contributed by atoms with Crippen LogP contribution in [-0.4, -0.2) is 50.6 Å². The summed E-state index contributed by atoms with van der Waals surface area (Å²) in [6.07, 6.45) is 3.33. The molecule has 0 fully saturated rings. The van der Waals surface area contributed by atoms with Crippen molar-refractivity contribution in [2.45, 2.75) is 11.7 Å². The van der Waals surface area contributed by atoms with Crippen LogP contribution in [0.1, 0.15) is 5.56 Å². The van der Waals surface area contributed by atoms with Gasteiger partial charge in [0.2, 0.25) is 11.1 Å². The quantitative estimate of drug-likeness (QED) is 0.490. The fourth-order valence-electron chi connectivity index (χ4n) is 2.48. The minimum Gasteiger partial charge on any atom is -0.496 e. The summed E-state index contributed by atoms with van der Waals surface area (Å²) in [4.78, 5) is 18.2. The van der Waals surface area contributed by atoms with E-state index in [9.17, 15) is 4.79 Å². The lowest BCUT2D eigenvalue weighted by molar-refractivity contribution is -0.127. The molecule has 3 aromatic rings. The van der Waals surface area contributed by atoms with Crippen LogP contribution in [0.5, 0.6) is 5.75 Å². The first-order valence-electron chi connectivity index (χ1n) is 8.19. The normalized spacial score (nSPS) is 10.6. The Bertz CT molecular complexity index is 915. The summed E-state index contributed by atoms with van der Waals surface area (Å²) in [5, 5.41) is 8.62. The Labute approximate surface area is 161 Å². The Morgan fingerprint density at radius 3 is 2.81 bits per heavy atom. The number of aromatic nitrogens is 4. The van der Waals surface area contributed by atoms with Crippen LogP contribution in [0, 0.1) is 0 Å². The average molecular weight is 384 g/mol. The second kappa shape index (κ2) is 8.54. The van der Waals surface area contributed by atoms with Crippen molar-refractivity contribution >= 4 is 17.7 Å². The van der Waals surface area contributed by atoms with Crippen molar-refractivity contribution in [2.24, 2.45) is 0 Å². The molecule has 0 atom stereocenters. The third-order valence-corrected chi connectivity index (χ3v) is 4.86. The molecule has 8 nitrogen and oxygen atoms in total. The lowest BCUT2D eigenvalue weighted by Gasteiger charge is -2.18. The summed E-state index contributed by atoms with van der Waals surface area (Å²) in [5.74, 6) is 7.48. The van der Waals surface area contributed by atoms with Gasteiger partial charge in [-0.05, 0) is 18.2 Å². The van der Waals surface area contributed by atoms with E-state index >= 15 is 0 Å². The van der Waals surface area contributed by atoms with Crippen molar-refractivity contribution in [2.75, 3.05) is 25.8 Å². The van der Waals surface area contributed by atoms with Crippen LogP contribution in [-0.2, 0) is 11.3 Å². The number of carbonyl (C=O) groups is 1.